The Bertz CT molecular complexity index is 919. The second kappa shape index (κ2) is 7.80. The van der Waals surface area contributed by atoms with Crippen molar-refractivity contribution in [3.8, 4) is 22.8 Å². The van der Waals surface area contributed by atoms with Crippen LogP contribution in [0.25, 0.3) is 11.3 Å². The van der Waals surface area contributed by atoms with Crippen molar-refractivity contribution in [1.29, 1.82) is 0 Å². The van der Waals surface area contributed by atoms with E-state index in [-0.39, 0.29) is 12.1 Å². The molecule has 0 saturated carbocycles. The minimum absolute atomic E-state index is 0.240. The van der Waals surface area contributed by atoms with Gasteiger partial charge in [-0.2, -0.15) is 5.10 Å². The van der Waals surface area contributed by atoms with Gasteiger partial charge < -0.3 is 14.2 Å². The molecule has 4 rings (SSSR count). The number of benzene rings is 2. The number of aromatic nitrogens is 2. The van der Waals surface area contributed by atoms with Gasteiger partial charge in [0.25, 0.3) is 0 Å². The van der Waals surface area contributed by atoms with Gasteiger partial charge in [-0.25, -0.2) is 4.39 Å². The Morgan fingerprint density at radius 1 is 1.19 bits per heavy atom. The lowest BCUT2D eigenvalue weighted by atomic mass is 10.1. The first-order chi connectivity index (χ1) is 13.2. The molecule has 6 heteroatoms. The van der Waals surface area contributed by atoms with Gasteiger partial charge in [-0.15, -0.1) is 0 Å². The van der Waals surface area contributed by atoms with E-state index < -0.39 is 0 Å². The Labute approximate surface area is 157 Å². The molecule has 2 heterocycles. The highest BCUT2D eigenvalue weighted by Crippen LogP contribution is 2.34. The largest absolute Gasteiger partial charge is 0.493 e. The van der Waals surface area contributed by atoms with Crippen LogP contribution in [0.2, 0.25) is 0 Å². The maximum Gasteiger partial charge on any atom is 0.200 e. The highest BCUT2D eigenvalue weighted by molar-refractivity contribution is 5.64. The van der Waals surface area contributed by atoms with Gasteiger partial charge in [-0.1, -0.05) is 18.2 Å². The number of hydrogen-bond donors (Lipinski definition) is 0. The third-order valence-corrected chi connectivity index (χ3v) is 4.60. The SMILES string of the molecule is COc1ccc(-c2ccnn2Cc2ccccc2F)cc1OC1CCCO1. The van der Waals surface area contributed by atoms with E-state index in [0.29, 0.717) is 30.2 Å². The van der Waals surface area contributed by atoms with Gasteiger partial charge in [0.1, 0.15) is 5.82 Å². The fraction of sp³-hybridized carbons (Fsp3) is 0.286. The third-order valence-electron chi connectivity index (χ3n) is 4.60. The highest BCUT2D eigenvalue weighted by atomic mass is 19.1. The van der Waals surface area contributed by atoms with Crippen molar-refractivity contribution in [2.75, 3.05) is 13.7 Å². The van der Waals surface area contributed by atoms with Crippen LogP contribution in [0.15, 0.2) is 54.7 Å². The van der Waals surface area contributed by atoms with Crippen LogP contribution in [0.1, 0.15) is 18.4 Å². The van der Waals surface area contributed by atoms with Crippen LogP contribution in [0.4, 0.5) is 4.39 Å². The molecule has 0 bridgehead atoms. The molecular formula is C21H21FN2O3. The fourth-order valence-corrected chi connectivity index (χ4v) is 3.20. The summed E-state index contributed by atoms with van der Waals surface area (Å²) in [6.45, 7) is 1.06. The Morgan fingerprint density at radius 3 is 2.85 bits per heavy atom. The van der Waals surface area contributed by atoms with Gasteiger partial charge in [-0.3, -0.25) is 4.68 Å². The van der Waals surface area contributed by atoms with Crippen LogP contribution in [0.5, 0.6) is 11.5 Å². The van der Waals surface area contributed by atoms with Crippen molar-refractivity contribution in [3.05, 3.63) is 66.1 Å². The van der Waals surface area contributed by atoms with Crippen molar-refractivity contribution in [2.24, 2.45) is 0 Å². The average Bonchev–Trinajstić information content (AvgIpc) is 3.35. The van der Waals surface area contributed by atoms with Gasteiger partial charge in [0.05, 0.1) is 26.0 Å². The number of nitrogens with zero attached hydrogens (tertiary/aromatic N) is 2. The Kier molecular flexibility index (Phi) is 5.07. The quantitative estimate of drug-likeness (QED) is 0.652. The molecule has 140 valence electrons. The van der Waals surface area contributed by atoms with E-state index in [2.05, 4.69) is 5.10 Å². The molecule has 2 aromatic carbocycles. The van der Waals surface area contributed by atoms with E-state index >= 15 is 0 Å². The first kappa shape index (κ1) is 17.5. The molecular weight excluding hydrogens is 347 g/mol. The molecule has 1 atom stereocenters. The third kappa shape index (κ3) is 3.80. The maximum atomic E-state index is 14.0. The fourth-order valence-electron chi connectivity index (χ4n) is 3.20. The molecule has 0 amide bonds. The molecule has 1 fully saturated rings. The van der Waals surface area contributed by atoms with E-state index in [1.165, 1.54) is 6.07 Å². The lowest BCUT2D eigenvalue weighted by molar-refractivity contribution is -0.0402. The maximum absolute atomic E-state index is 14.0. The molecule has 0 N–H and O–H groups in total. The van der Waals surface area contributed by atoms with Crippen molar-refractivity contribution in [2.45, 2.75) is 25.7 Å². The number of halogens is 1. The molecule has 0 spiro atoms. The minimum atomic E-state index is -0.252. The van der Waals surface area contributed by atoms with Gasteiger partial charge in [0, 0.05) is 23.7 Å². The van der Waals surface area contributed by atoms with Crippen molar-refractivity contribution >= 4 is 0 Å². The molecule has 1 saturated heterocycles. The number of ether oxygens (including phenoxy) is 3. The van der Waals surface area contributed by atoms with Gasteiger partial charge in [-0.05, 0) is 36.8 Å². The van der Waals surface area contributed by atoms with Crippen LogP contribution in [-0.2, 0) is 11.3 Å². The van der Waals surface area contributed by atoms with Crippen LogP contribution in [0, 0.1) is 5.82 Å². The molecule has 3 aromatic rings. The monoisotopic (exact) mass is 368 g/mol. The van der Waals surface area contributed by atoms with Crippen molar-refractivity contribution < 1.29 is 18.6 Å². The van der Waals surface area contributed by atoms with E-state index in [1.54, 1.807) is 30.1 Å². The molecule has 0 aliphatic carbocycles. The lowest BCUT2D eigenvalue weighted by Gasteiger charge is -2.17. The summed E-state index contributed by atoms with van der Waals surface area (Å²) >= 11 is 0. The topological polar surface area (TPSA) is 45.5 Å². The number of rotatable bonds is 6. The summed E-state index contributed by atoms with van der Waals surface area (Å²) in [5.41, 5.74) is 2.38. The van der Waals surface area contributed by atoms with Gasteiger partial charge in [0.2, 0.25) is 0 Å². The molecule has 1 unspecified atom stereocenters. The summed E-state index contributed by atoms with van der Waals surface area (Å²) in [7, 11) is 1.61. The molecule has 1 aromatic heterocycles. The first-order valence-corrected chi connectivity index (χ1v) is 8.96. The molecule has 27 heavy (non-hydrogen) atoms. The second-order valence-corrected chi connectivity index (χ2v) is 6.39. The van der Waals surface area contributed by atoms with Gasteiger partial charge >= 0.3 is 0 Å². The summed E-state index contributed by atoms with van der Waals surface area (Å²) in [5, 5.41) is 4.36. The summed E-state index contributed by atoms with van der Waals surface area (Å²) < 4.78 is 32.7. The average molecular weight is 368 g/mol. The van der Waals surface area contributed by atoms with Crippen LogP contribution in [0.3, 0.4) is 0 Å². The number of hydrogen-bond acceptors (Lipinski definition) is 4. The summed E-state index contributed by atoms with van der Waals surface area (Å²) in [4.78, 5) is 0. The van der Waals surface area contributed by atoms with Crippen molar-refractivity contribution in [3.63, 3.8) is 0 Å². The van der Waals surface area contributed by atoms with Crippen LogP contribution >= 0.6 is 0 Å². The van der Waals surface area contributed by atoms with Crippen molar-refractivity contribution in [1.82, 2.24) is 9.78 Å². The predicted molar refractivity (Wildman–Crippen MR) is 99.3 cm³/mol. The zero-order valence-corrected chi connectivity index (χ0v) is 15.1. The summed E-state index contributed by atoms with van der Waals surface area (Å²) in [5.74, 6) is 1.03. The zero-order valence-electron chi connectivity index (χ0n) is 15.1. The lowest BCUT2D eigenvalue weighted by Crippen LogP contribution is -2.14. The first-order valence-electron chi connectivity index (χ1n) is 8.96. The van der Waals surface area contributed by atoms with Gasteiger partial charge in [0.15, 0.2) is 17.8 Å². The molecule has 1 aliphatic heterocycles. The summed E-state index contributed by atoms with van der Waals surface area (Å²) in [6.07, 6.45) is 3.30. The van der Waals surface area contributed by atoms with E-state index in [1.807, 2.05) is 30.3 Å². The van der Waals surface area contributed by atoms with E-state index in [9.17, 15) is 4.39 Å². The Hall–Kier alpha value is -2.86. The summed E-state index contributed by atoms with van der Waals surface area (Å²) in [6, 6.07) is 14.3. The minimum Gasteiger partial charge on any atom is -0.493 e. The zero-order chi connectivity index (χ0) is 18.6. The van der Waals surface area contributed by atoms with Crippen LogP contribution < -0.4 is 9.47 Å². The Morgan fingerprint density at radius 2 is 2.07 bits per heavy atom. The molecule has 0 radical (unpaired) electrons. The Balaban J connectivity index is 1.64. The smallest absolute Gasteiger partial charge is 0.200 e. The van der Waals surface area contributed by atoms with Crippen LogP contribution in [-0.4, -0.2) is 29.8 Å². The van der Waals surface area contributed by atoms with E-state index in [0.717, 1.165) is 24.1 Å². The normalized spacial score (nSPS) is 16.4. The number of methoxy groups -OCH3 is 1. The molecule has 1 aliphatic rings. The second-order valence-electron chi connectivity index (χ2n) is 6.39. The molecule has 5 nitrogen and oxygen atoms in total. The predicted octanol–water partition coefficient (Wildman–Crippen LogP) is 4.26. The standard InChI is InChI=1S/C21H21FN2O3/c1-25-19-9-8-15(13-20(19)27-21-7-4-12-26-21)18-10-11-23-24(18)14-16-5-2-3-6-17(16)22/h2-3,5-6,8-11,13,21H,4,7,12,14H2,1H3. The van der Waals surface area contributed by atoms with E-state index in [4.69, 9.17) is 14.2 Å². The highest BCUT2D eigenvalue weighted by Gasteiger charge is 2.20.